The molecule has 0 spiro atoms. The summed E-state index contributed by atoms with van der Waals surface area (Å²) in [5, 5.41) is 37.8. The molecule has 4 heterocycles. The molecule has 2 aromatic carbocycles. The van der Waals surface area contributed by atoms with Crippen LogP contribution in [0.15, 0.2) is 47.4 Å². The Morgan fingerprint density at radius 3 is 2.77 bits per heavy atom. The largest absolute Gasteiger partial charge is 0.508 e. The minimum absolute atomic E-state index is 0.000356. The zero-order chi connectivity index (χ0) is 31.0. The molecule has 0 saturated carbocycles. The number of carbonyl (C=O) groups is 2. The number of carbonyl (C=O) groups excluding carboxylic acids is 2. The maximum atomic E-state index is 12.8. The van der Waals surface area contributed by atoms with Gasteiger partial charge in [0.1, 0.15) is 11.5 Å². The molecule has 6 rings (SSSR count). The van der Waals surface area contributed by atoms with Gasteiger partial charge in [-0.1, -0.05) is 20.3 Å². The molecule has 2 fully saturated rings. The molecule has 3 atom stereocenters. The number of amides is 3. The predicted molar refractivity (Wildman–Crippen MR) is 170 cm³/mol. The van der Waals surface area contributed by atoms with E-state index in [1.54, 1.807) is 6.07 Å². The van der Waals surface area contributed by atoms with Crippen molar-refractivity contribution in [3.05, 3.63) is 58.6 Å². The smallest absolute Gasteiger partial charge is 0.348 e. The van der Waals surface area contributed by atoms with Gasteiger partial charge in [-0.25, -0.2) is 19.3 Å². The molecular formula is C31H37N7O5S. The number of phenols is 2. The Balaban J connectivity index is 1.05. The highest BCUT2D eigenvalue weighted by molar-refractivity contribution is 8.00. The van der Waals surface area contributed by atoms with Crippen LogP contribution in [0.1, 0.15) is 51.0 Å². The number of phenolic OH excluding ortho intramolecular Hbond substituents is 2. The molecule has 2 aliphatic rings. The van der Waals surface area contributed by atoms with Gasteiger partial charge in [0.2, 0.25) is 5.91 Å². The van der Waals surface area contributed by atoms with Gasteiger partial charge in [-0.15, -0.1) is 0 Å². The van der Waals surface area contributed by atoms with E-state index in [1.807, 2.05) is 56.1 Å². The molecule has 13 heteroatoms. The number of benzene rings is 2. The molecule has 2 aliphatic heterocycles. The summed E-state index contributed by atoms with van der Waals surface area (Å²) in [6, 6.07) is 10.8. The second-order valence-corrected chi connectivity index (χ2v) is 13.0. The summed E-state index contributed by atoms with van der Waals surface area (Å²) in [6.07, 6.45) is 5.17. The van der Waals surface area contributed by atoms with Crippen LogP contribution in [0.2, 0.25) is 0 Å². The first-order valence-electron chi connectivity index (χ1n) is 15.0. The SMILES string of the molecule is CC(C)c1cc(-c2n[nH]c(=O)n2-c2ccc3c(ccn3CCNC(=O)CCCC[C@@H]3SC[C@@H]4NC(=O)N[C@@H]43)c2)c(O)cc1O. The van der Waals surface area contributed by atoms with Crippen LogP contribution in [0.3, 0.4) is 0 Å². The monoisotopic (exact) mass is 619 g/mol. The predicted octanol–water partition coefficient (Wildman–Crippen LogP) is 3.56. The van der Waals surface area contributed by atoms with Crippen molar-refractivity contribution in [1.82, 2.24) is 35.3 Å². The fraction of sp³-hybridized carbons (Fsp3) is 0.419. The first-order valence-corrected chi connectivity index (χ1v) is 16.0. The van der Waals surface area contributed by atoms with E-state index in [2.05, 4.69) is 30.7 Å². The number of hydrogen-bond donors (Lipinski definition) is 6. The van der Waals surface area contributed by atoms with Gasteiger partial charge in [-0.3, -0.25) is 4.79 Å². The van der Waals surface area contributed by atoms with E-state index in [4.69, 9.17) is 0 Å². The lowest BCUT2D eigenvalue weighted by molar-refractivity contribution is -0.121. The number of urea groups is 1. The van der Waals surface area contributed by atoms with Gasteiger partial charge in [0.25, 0.3) is 0 Å². The Labute approximate surface area is 258 Å². The van der Waals surface area contributed by atoms with Crippen molar-refractivity contribution in [1.29, 1.82) is 0 Å². The number of aromatic hydroxyl groups is 2. The summed E-state index contributed by atoms with van der Waals surface area (Å²) in [5.41, 5.74) is 2.06. The fourth-order valence-electron chi connectivity index (χ4n) is 6.15. The molecular weight excluding hydrogens is 582 g/mol. The number of thioether (sulfide) groups is 1. The number of hydrogen-bond acceptors (Lipinski definition) is 7. The maximum absolute atomic E-state index is 12.8. The maximum Gasteiger partial charge on any atom is 0.348 e. The topological polar surface area (TPSA) is 166 Å². The van der Waals surface area contributed by atoms with E-state index >= 15 is 0 Å². The number of rotatable bonds is 11. The molecule has 0 radical (unpaired) electrons. The third-order valence-electron chi connectivity index (χ3n) is 8.45. The Bertz CT molecular complexity index is 1760. The van der Waals surface area contributed by atoms with Crippen molar-refractivity contribution in [2.75, 3.05) is 12.3 Å². The molecule has 232 valence electrons. The summed E-state index contributed by atoms with van der Waals surface area (Å²) in [7, 11) is 0. The summed E-state index contributed by atoms with van der Waals surface area (Å²) in [5.74, 6) is 1.02. The van der Waals surface area contributed by atoms with Gasteiger partial charge in [0.05, 0.1) is 23.3 Å². The van der Waals surface area contributed by atoms with Gasteiger partial charge < -0.3 is 30.7 Å². The first kappa shape index (κ1) is 29.7. The van der Waals surface area contributed by atoms with Crippen molar-refractivity contribution in [2.45, 2.75) is 69.3 Å². The number of fused-ring (bicyclic) bond motifs is 2. The van der Waals surface area contributed by atoms with E-state index in [9.17, 15) is 24.6 Å². The van der Waals surface area contributed by atoms with Crippen LogP contribution in [-0.2, 0) is 11.3 Å². The average Bonchev–Trinajstić information content (AvgIpc) is 3.75. The van der Waals surface area contributed by atoms with Gasteiger partial charge in [-0.2, -0.15) is 16.9 Å². The molecule has 4 aromatic rings. The third kappa shape index (κ3) is 5.88. The molecule has 2 aromatic heterocycles. The summed E-state index contributed by atoms with van der Waals surface area (Å²) in [4.78, 5) is 36.8. The second-order valence-electron chi connectivity index (χ2n) is 11.7. The highest BCUT2D eigenvalue weighted by Gasteiger charge is 2.42. The minimum atomic E-state index is -0.450. The molecule has 2 saturated heterocycles. The molecule has 0 unspecified atom stereocenters. The first-order chi connectivity index (χ1) is 21.2. The lowest BCUT2D eigenvalue weighted by atomic mass is 9.98. The molecule has 12 nitrogen and oxygen atoms in total. The lowest BCUT2D eigenvalue weighted by Crippen LogP contribution is -2.36. The van der Waals surface area contributed by atoms with Crippen LogP contribution in [-0.4, -0.2) is 71.1 Å². The molecule has 3 amide bonds. The van der Waals surface area contributed by atoms with E-state index in [0.29, 0.717) is 41.6 Å². The Morgan fingerprint density at radius 2 is 1.95 bits per heavy atom. The van der Waals surface area contributed by atoms with E-state index in [-0.39, 0.29) is 47.3 Å². The molecule has 0 bridgehead atoms. The number of nitrogens with one attached hydrogen (secondary N) is 4. The quantitative estimate of drug-likeness (QED) is 0.110. The standard InChI is InChI=1S/C31H37N7O5S/c1-17(2)20-14-21(25(40)15-24(20)39)29-35-36-31(43)38(29)19-7-8-23-18(13-19)9-11-37(23)12-10-32-27(41)6-4-3-5-26-28-22(16-44-26)33-30(42)34-28/h7-9,11,13-15,17,22,26,28,39-40H,3-6,10,12,16H2,1-2H3,(H,32,41)(H,36,43)(H2,33,34,42)/t22-,26-,28-/m0/s1. The zero-order valence-corrected chi connectivity index (χ0v) is 25.5. The normalized spacial score (nSPS) is 19.3. The molecule has 6 N–H and O–H groups in total. The van der Waals surface area contributed by atoms with E-state index in [0.717, 1.165) is 35.9 Å². The Kier molecular flexibility index (Phi) is 8.30. The molecule has 0 aliphatic carbocycles. The van der Waals surface area contributed by atoms with Crippen molar-refractivity contribution < 1.29 is 19.8 Å². The zero-order valence-electron chi connectivity index (χ0n) is 24.7. The lowest BCUT2D eigenvalue weighted by Gasteiger charge is -2.16. The number of unbranched alkanes of at least 4 members (excludes halogenated alkanes) is 1. The third-order valence-corrected chi connectivity index (χ3v) is 9.96. The van der Waals surface area contributed by atoms with Gasteiger partial charge in [-0.05, 0) is 54.7 Å². The van der Waals surface area contributed by atoms with Crippen LogP contribution >= 0.6 is 11.8 Å². The number of aromatic nitrogens is 4. The van der Waals surface area contributed by atoms with Crippen molar-refractivity contribution in [3.63, 3.8) is 0 Å². The van der Waals surface area contributed by atoms with Crippen molar-refractivity contribution in [2.24, 2.45) is 0 Å². The summed E-state index contributed by atoms with van der Waals surface area (Å²) in [6.45, 7) is 4.95. The molecule has 44 heavy (non-hydrogen) atoms. The highest BCUT2D eigenvalue weighted by atomic mass is 32.2. The van der Waals surface area contributed by atoms with Crippen LogP contribution in [0.25, 0.3) is 28.0 Å². The van der Waals surface area contributed by atoms with Crippen LogP contribution in [0.5, 0.6) is 11.5 Å². The summed E-state index contributed by atoms with van der Waals surface area (Å²) >= 11 is 1.89. The van der Waals surface area contributed by atoms with Gasteiger partial charge >= 0.3 is 11.7 Å². The van der Waals surface area contributed by atoms with Crippen molar-refractivity contribution >= 4 is 34.6 Å². The number of nitrogens with zero attached hydrogens (tertiary/aromatic N) is 3. The number of H-pyrrole nitrogens is 1. The highest BCUT2D eigenvalue weighted by Crippen LogP contribution is 2.37. The van der Waals surface area contributed by atoms with Gasteiger partial charge in [0.15, 0.2) is 5.82 Å². The Hall–Kier alpha value is -4.39. The number of aromatic amines is 1. The summed E-state index contributed by atoms with van der Waals surface area (Å²) < 4.78 is 3.45. The van der Waals surface area contributed by atoms with Crippen LogP contribution in [0, 0.1) is 0 Å². The Morgan fingerprint density at radius 1 is 1.11 bits per heavy atom. The van der Waals surface area contributed by atoms with E-state index < -0.39 is 5.69 Å². The second kappa shape index (κ2) is 12.3. The van der Waals surface area contributed by atoms with Crippen molar-refractivity contribution in [3.8, 4) is 28.6 Å². The van der Waals surface area contributed by atoms with Gasteiger partial charge in [0, 0.05) is 53.7 Å². The fourth-order valence-corrected chi connectivity index (χ4v) is 7.70. The van der Waals surface area contributed by atoms with E-state index in [1.165, 1.54) is 10.6 Å². The van der Waals surface area contributed by atoms with Crippen LogP contribution in [0.4, 0.5) is 4.79 Å². The van der Waals surface area contributed by atoms with Crippen LogP contribution < -0.4 is 21.6 Å². The average molecular weight is 620 g/mol. The minimum Gasteiger partial charge on any atom is -0.508 e.